The summed E-state index contributed by atoms with van der Waals surface area (Å²) in [6, 6.07) is 4.00. The van der Waals surface area contributed by atoms with Gasteiger partial charge in [-0.2, -0.15) is 0 Å². The van der Waals surface area contributed by atoms with Gasteiger partial charge in [-0.15, -0.1) is 0 Å². The van der Waals surface area contributed by atoms with E-state index in [4.69, 9.17) is 0 Å². The molecule has 1 aliphatic rings. The van der Waals surface area contributed by atoms with Crippen LogP contribution in [0, 0.1) is 10.1 Å². The number of carbonyl (C=O) groups excluding carboxylic acids is 2. The Morgan fingerprint density at radius 3 is 2.80 bits per heavy atom. The first kappa shape index (κ1) is 13.8. The monoisotopic (exact) mass is 278 g/mol. The van der Waals surface area contributed by atoms with Crippen molar-refractivity contribution in [3.8, 4) is 0 Å². The fourth-order valence-corrected chi connectivity index (χ4v) is 2.02. The second-order valence-corrected chi connectivity index (χ2v) is 4.42. The highest BCUT2D eigenvalue weighted by Gasteiger charge is 2.24. The molecule has 1 fully saturated rings. The van der Waals surface area contributed by atoms with Gasteiger partial charge in [0, 0.05) is 31.6 Å². The lowest BCUT2D eigenvalue weighted by molar-refractivity contribution is -0.384. The first-order chi connectivity index (χ1) is 9.51. The first-order valence-corrected chi connectivity index (χ1v) is 6.05. The minimum atomic E-state index is -0.557. The zero-order valence-corrected chi connectivity index (χ0v) is 10.8. The van der Waals surface area contributed by atoms with E-state index in [1.54, 1.807) is 0 Å². The quantitative estimate of drug-likeness (QED) is 0.540. The molecule has 8 nitrogen and oxygen atoms in total. The normalized spacial score (nSPS) is 17.4. The Labute approximate surface area is 114 Å². The molecule has 2 amide bonds. The van der Waals surface area contributed by atoms with E-state index in [0.29, 0.717) is 12.2 Å². The Morgan fingerprint density at radius 2 is 2.25 bits per heavy atom. The Kier molecular flexibility index (Phi) is 3.83. The van der Waals surface area contributed by atoms with Gasteiger partial charge in [-0.25, -0.2) is 0 Å². The average Bonchev–Trinajstić information content (AvgIpc) is 2.83. The van der Waals surface area contributed by atoms with Crippen molar-refractivity contribution in [1.29, 1.82) is 0 Å². The molecule has 0 bridgehead atoms. The maximum atomic E-state index is 11.5. The topological polar surface area (TPSA) is 113 Å². The van der Waals surface area contributed by atoms with Crippen LogP contribution < -0.4 is 16.0 Å². The zero-order chi connectivity index (χ0) is 14.7. The third kappa shape index (κ3) is 2.85. The van der Waals surface area contributed by atoms with Gasteiger partial charge in [0.25, 0.3) is 11.6 Å². The molecule has 1 aromatic rings. The number of hydrogen-bond acceptors (Lipinski definition) is 5. The first-order valence-electron chi connectivity index (χ1n) is 6.05. The van der Waals surface area contributed by atoms with Gasteiger partial charge < -0.3 is 16.0 Å². The van der Waals surface area contributed by atoms with Crippen LogP contribution in [0.1, 0.15) is 16.8 Å². The van der Waals surface area contributed by atoms with E-state index in [9.17, 15) is 19.7 Å². The molecule has 1 heterocycles. The van der Waals surface area contributed by atoms with Crippen molar-refractivity contribution in [3.05, 3.63) is 33.9 Å². The molecule has 20 heavy (non-hydrogen) atoms. The standard InChI is InChI=1S/C12H14N4O4/c1-13-12(18)7-2-3-9(10(4-7)16(19)20)15-8-5-11(17)14-6-8/h2-4,8,15H,5-6H2,1H3,(H,13,18)(H,14,17). The smallest absolute Gasteiger partial charge is 0.293 e. The summed E-state index contributed by atoms with van der Waals surface area (Å²) in [5.41, 5.74) is 0.319. The van der Waals surface area contributed by atoms with Crippen molar-refractivity contribution < 1.29 is 14.5 Å². The number of nitro benzene ring substituents is 1. The van der Waals surface area contributed by atoms with Crippen LogP contribution in [-0.4, -0.2) is 36.4 Å². The summed E-state index contributed by atoms with van der Waals surface area (Å²) in [5.74, 6) is -0.482. The molecule has 8 heteroatoms. The number of carbonyl (C=O) groups is 2. The van der Waals surface area contributed by atoms with E-state index in [2.05, 4.69) is 16.0 Å². The number of hydrogen-bond donors (Lipinski definition) is 3. The van der Waals surface area contributed by atoms with Crippen molar-refractivity contribution in [2.24, 2.45) is 0 Å². The molecule has 106 valence electrons. The third-order valence-electron chi connectivity index (χ3n) is 3.02. The number of nitrogens with one attached hydrogen (secondary N) is 3. The van der Waals surface area contributed by atoms with Gasteiger partial charge in [0.1, 0.15) is 5.69 Å². The van der Waals surface area contributed by atoms with Crippen LogP contribution in [0.25, 0.3) is 0 Å². The van der Waals surface area contributed by atoms with Crippen LogP contribution in [0.2, 0.25) is 0 Å². The predicted molar refractivity (Wildman–Crippen MR) is 71.5 cm³/mol. The lowest BCUT2D eigenvalue weighted by Crippen LogP contribution is -2.23. The molecule has 0 aromatic heterocycles. The Morgan fingerprint density at radius 1 is 1.50 bits per heavy atom. The molecule has 1 saturated heterocycles. The highest BCUT2D eigenvalue weighted by molar-refractivity contribution is 5.95. The highest BCUT2D eigenvalue weighted by atomic mass is 16.6. The molecular weight excluding hydrogens is 264 g/mol. The summed E-state index contributed by atoms with van der Waals surface area (Å²) < 4.78 is 0. The van der Waals surface area contributed by atoms with E-state index >= 15 is 0 Å². The Hall–Kier alpha value is -2.64. The van der Waals surface area contributed by atoms with Gasteiger partial charge in [-0.05, 0) is 12.1 Å². The van der Waals surface area contributed by atoms with E-state index in [0.717, 1.165) is 0 Å². The van der Waals surface area contributed by atoms with Crippen LogP contribution in [0.4, 0.5) is 11.4 Å². The van der Waals surface area contributed by atoms with Gasteiger partial charge in [-0.3, -0.25) is 19.7 Å². The molecular formula is C12H14N4O4. The fourth-order valence-electron chi connectivity index (χ4n) is 2.02. The lowest BCUT2D eigenvalue weighted by atomic mass is 10.1. The number of amides is 2. The summed E-state index contributed by atoms with van der Waals surface area (Å²) in [7, 11) is 1.45. The van der Waals surface area contributed by atoms with E-state index < -0.39 is 10.8 Å². The zero-order valence-electron chi connectivity index (χ0n) is 10.8. The minimum absolute atomic E-state index is 0.0906. The second-order valence-electron chi connectivity index (χ2n) is 4.42. The molecule has 1 unspecified atom stereocenters. The molecule has 1 aromatic carbocycles. The molecule has 0 aliphatic carbocycles. The number of nitrogens with zero attached hydrogens (tertiary/aromatic N) is 1. The number of rotatable bonds is 4. The van der Waals surface area contributed by atoms with Crippen LogP contribution in [-0.2, 0) is 4.79 Å². The number of nitro groups is 1. The number of anilines is 1. The molecule has 0 spiro atoms. The summed E-state index contributed by atoms with van der Waals surface area (Å²) >= 11 is 0. The Bertz CT molecular complexity index is 573. The van der Waals surface area contributed by atoms with Crippen LogP contribution >= 0.6 is 0 Å². The molecule has 2 rings (SSSR count). The Balaban J connectivity index is 2.26. The summed E-state index contributed by atoms with van der Waals surface area (Å²) in [6.45, 7) is 0.424. The number of benzene rings is 1. The summed E-state index contributed by atoms with van der Waals surface area (Å²) in [4.78, 5) is 33.1. The SMILES string of the molecule is CNC(=O)c1ccc(NC2CNC(=O)C2)c([N+](=O)[O-])c1. The third-order valence-corrected chi connectivity index (χ3v) is 3.02. The molecule has 1 aliphatic heterocycles. The average molecular weight is 278 g/mol. The van der Waals surface area contributed by atoms with Crippen molar-refractivity contribution in [2.45, 2.75) is 12.5 Å². The van der Waals surface area contributed by atoms with Gasteiger partial charge in [0.15, 0.2) is 0 Å². The summed E-state index contributed by atoms with van der Waals surface area (Å²) in [5, 5.41) is 19.1. The fraction of sp³-hybridized carbons (Fsp3) is 0.333. The largest absolute Gasteiger partial charge is 0.374 e. The van der Waals surface area contributed by atoms with Crippen LogP contribution in [0.5, 0.6) is 0 Å². The summed E-state index contributed by atoms with van der Waals surface area (Å²) in [6.07, 6.45) is 0.272. The van der Waals surface area contributed by atoms with E-state index in [-0.39, 0.29) is 29.6 Å². The lowest BCUT2D eigenvalue weighted by Gasteiger charge is -2.12. The minimum Gasteiger partial charge on any atom is -0.374 e. The molecule has 1 atom stereocenters. The van der Waals surface area contributed by atoms with Gasteiger partial charge in [0.2, 0.25) is 5.91 Å². The molecule has 0 saturated carbocycles. The van der Waals surface area contributed by atoms with Crippen molar-refractivity contribution in [3.63, 3.8) is 0 Å². The maximum Gasteiger partial charge on any atom is 0.293 e. The van der Waals surface area contributed by atoms with Crippen molar-refractivity contribution >= 4 is 23.2 Å². The van der Waals surface area contributed by atoms with E-state index in [1.807, 2.05) is 0 Å². The van der Waals surface area contributed by atoms with E-state index in [1.165, 1.54) is 25.2 Å². The molecule has 0 radical (unpaired) electrons. The van der Waals surface area contributed by atoms with Crippen molar-refractivity contribution in [2.75, 3.05) is 18.9 Å². The van der Waals surface area contributed by atoms with Gasteiger partial charge in [-0.1, -0.05) is 0 Å². The van der Waals surface area contributed by atoms with Crippen LogP contribution in [0.15, 0.2) is 18.2 Å². The van der Waals surface area contributed by atoms with Crippen molar-refractivity contribution in [1.82, 2.24) is 10.6 Å². The van der Waals surface area contributed by atoms with Gasteiger partial charge >= 0.3 is 0 Å². The predicted octanol–water partition coefficient (Wildman–Crippen LogP) is 0.255. The molecule has 3 N–H and O–H groups in total. The van der Waals surface area contributed by atoms with Crippen LogP contribution in [0.3, 0.4) is 0 Å². The maximum absolute atomic E-state index is 11.5. The second kappa shape index (κ2) is 5.55. The highest BCUT2D eigenvalue weighted by Crippen LogP contribution is 2.27. The van der Waals surface area contributed by atoms with Gasteiger partial charge in [0.05, 0.1) is 11.0 Å².